The molecule has 2 heterocycles. The third-order valence-electron chi connectivity index (χ3n) is 5.45. The molecule has 0 radical (unpaired) electrons. The normalized spacial score (nSPS) is 15.0. The van der Waals surface area contributed by atoms with Gasteiger partial charge >= 0.3 is 0 Å². The van der Waals surface area contributed by atoms with E-state index in [1.54, 1.807) is 0 Å². The van der Waals surface area contributed by atoms with Crippen molar-refractivity contribution in [2.24, 2.45) is 5.92 Å². The molecule has 29 heavy (non-hydrogen) atoms. The summed E-state index contributed by atoms with van der Waals surface area (Å²) in [7, 11) is 0. The van der Waals surface area contributed by atoms with E-state index in [0.29, 0.717) is 51.5 Å². The largest absolute Gasteiger partial charge is 0.382 e. The number of benzene rings is 1. The molecule has 1 aromatic heterocycles. The van der Waals surface area contributed by atoms with Gasteiger partial charge in [-0.15, -0.1) is 0 Å². The Hall–Kier alpha value is -2.41. The quantitative estimate of drug-likeness (QED) is 0.654. The van der Waals surface area contributed by atoms with Gasteiger partial charge in [0.05, 0.1) is 11.0 Å². The molecule has 1 aliphatic rings. The van der Waals surface area contributed by atoms with Crippen LogP contribution < -0.4 is 5.32 Å². The highest BCUT2D eigenvalue weighted by Gasteiger charge is 2.28. The fourth-order valence-electron chi connectivity index (χ4n) is 3.84. The molecular weight excluding hydrogens is 368 g/mol. The lowest BCUT2D eigenvalue weighted by Gasteiger charge is -2.31. The number of rotatable bonds is 9. The number of nitrogens with zero attached hydrogens (tertiary/aromatic N) is 3. The lowest BCUT2D eigenvalue weighted by molar-refractivity contribution is -0.134. The second kappa shape index (κ2) is 10.4. The third kappa shape index (κ3) is 5.35. The van der Waals surface area contributed by atoms with Crippen molar-refractivity contribution in [3.8, 4) is 0 Å². The van der Waals surface area contributed by atoms with Crippen LogP contribution >= 0.6 is 0 Å². The maximum atomic E-state index is 12.9. The first-order valence-corrected chi connectivity index (χ1v) is 10.8. The molecule has 1 aliphatic heterocycles. The smallest absolute Gasteiger partial charge is 0.229 e. The van der Waals surface area contributed by atoms with Crippen molar-refractivity contribution in [1.29, 1.82) is 0 Å². The summed E-state index contributed by atoms with van der Waals surface area (Å²) in [6, 6.07) is 7.92. The Labute approximate surface area is 172 Å². The van der Waals surface area contributed by atoms with Crippen LogP contribution in [0.1, 0.15) is 46.0 Å². The van der Waals surface area contributed by atoms with E-state index in [9.17, 15) is 9.59 Å². The Morgan fingerprint density at radius 3 is 2.69 bits per heavy atom. The van der Waals surface area contributed by atoms with Crippen LogP contribution in [-0.4, -0.2) is 52.6 Å². The molecule has 1 saturated heterocycles. The van der Waals surface area contributed by atoms with Gasteiger partial charge in [-0.25, -0.2) is 4.98 Å². The second-order valence-electron chi connectivity index (χ2n) is 7.52. The molecule has 1 fully saturated rings. The Bertz CT molecular complexity index is 825. The van der Waals surface area contributed by atoms with Gasteiger partial charge in [-0.3, -0.25) is 14.9 Å². The lowest BCUT2D eigenvalue weighted by atomic mass is 9.95. The van der Waals surface area contributed by atoms with Crippen LogP contribution in [0.5, 0.6) is 0 Å². The van der Waals surface area contributed by atoms with Gasteiger partial charge in [0, 0.05) is 45.2 Å². The number of para-hydroxylation sites is 2. The van der Waals surface area contributed by atoms with E-state index < -0.39 is 0 Å². The van der Waals surface area contributed by atoms with Crippen molar-refractivity contribution in [1.82, 2.24) is 14.5 Å². The topological polar surface area (TPSA) is 76.5 Å². The molecule has 0 spiro atoms. The maximum Gasteiger partial charge on any atom is 0.229 e. The zero-order chi connectivity index (χ0) is 20.6. The molecule has 1 N–H and O–H groups in total. The minimum absolute atomic E-state index is 0.00560. The predicted octanol–water partition coefficient (Wildman–Crippen LogP) is 3.44. The van der Waals surface area contributed by atoms with Gasteiger partial charge in [-0.2, -0.15) is 0 Å². The summed E-state index contributed by atoms with van der Waals surface area (Å²) >= 11 is 0. The lowest BCUT2D eigenvalue weighted by Crippen LogP contribution is -2.41. The fourth-order valence-corrected chi connectivity index (χ4v) is 3.84. The Morgan fingerprint density at radius 1 is 1.21 bits per heavy atom. The predicted molar refractivity (Wildman–Crippen MR) is 114 cm³/mol. The van der Waals surface area contributed by atoms with Crippen molar-refractivity contribution in [2.45, 2.75) is 52.5 Å². The SMILES string of the molecule is CCCC(=O)N1CCC(C(=O)Nc2nc3ccccc3n2CCCOCC)CC1. The van der Waals surface area contributed by atoms with Gasteiger partial charge in [-0.1, -0.05) is 19.1 Å². The van der Waals surface area contributed by atoms with Gasteiger partial charge < -0.3 is 14.2 Å². The Kier molecular flexibility index (Phi) is 7.63. The van der Waals surface area contributed by atoms with Gasteiger partial charge in [0.1, 0.15) is 0 Å². The number of hydrogen-bond donors (Lipinski definition) is 1. The molecule has 1 aromatic carbocycles. The number of amides is 2. The molecule has 3 rings (SSSR count). The highest BCUT2D eigenvalue weighted by Crippen LogP contribution is 2.23. The van der Waals surface area contributed by atoms with E-state index in [1.165, 1.54) is 0 Å². The highest BCUT2D eigenvalue weighted by molar-refractivity contribution is 5.93. The number of fused-ring (bicyclic) bond motifs is 1. The fraction of sp³-hybridized carbons (Fsp3) is 0.591. The van der Waals surface area contributed by atoms with Gasteiger partial charge in [-0.05, 0) is 44.7 Å². The number of aryl methyl sites for hydroxylation is 1. The van der Waals surface area contributed by atoms with E-state index in [-0.39, 0.29) is 17.7 Å². The van der Waals surface area contributed by atoms with Crippen LogP contribution in [0.4, 0.5) is 5.95 Å². The highest BCUT2D eigenvalue weighted by atomic mass is 16.5. The number of carbonyl (C=O) groups excluding carboxylic acids is 2. The summed E-state index contributed by atoms with van der Waals surface area (Å²) in [6.07, 6.45) is 3.70. The van der Waals surface area contributed by atoms with Crippen LogP contribution in [0.15, 0.2) is 24.3 Å². The number of nitrogens with one attached hydrogen (secondary N) is 1. The number of carbonyl (C=O) groups is 2. The zero-order valence-electron chi connectivity index (χ0n) is 17.5. The maximum absolute atomic E-state index is 12.9. The standard InChI is InChI=1S/C22H32N4O3/c1-3-8-20(27)25-14-11-17(12-15-25)21(28)24-22-23-18-9-5-6-10-19(18)26(22)13-7-16-29-4-2/h5-6,9-10,17H,3-4,7-8,11-16H2,1-2H3,(H,23,24,28). The molecule has 0 atom stereocenters. The number of hydrogen-bond acceptors (Lipinski definition) is 4. The minimum atomic E-state index is -0.0858. The van der Waals surface area contributed by atoms with E-state index in [0.717, 1.165) is 30.4 Å². The first-order chi connectivity index (χ1) is 14.1. The van der Waals surface area contributed by atoms with Gasteiger partial charge in [0.2, 0.25) is 17.8 Å². The molecular formula is C22H32N4O3. The van der Waals surface area contributed by atoms with E-state index in [1.807, 2.05) is 43.0 Å². The van der Waals surface area contributed by atoms with Crippen LogP contribution in [0.25, 0.3) is 11.0 Å². The summed E-state index contributed by atoms with van der Waals surface area (Å²) in [4.78, 5) is 31.5. The number of ether oxygens (including phenoxy) is 1. The monoisotopic (exact) mass is 400 g/mol. The number of imidazole rings is 1. The minimum Gasteiger partial charge on any atom is -0.382 e. The van der Waals surface area contributed by atoms with E-state index in [2.05, 4.69) is 14.9 Å². The summed E-state index contributed by atoms with van der Waals surface area (Å²) in [5.41, 5.74) is 1.89. The number of likely N-dealkylation sites (tertiary alicyclic amines) is 1. The van der Waals surface area contributed by atoms with Crippen LogP contribution in [0, 0.1) is 5.92 Å². The van der Waals surface area contributed by atoms with Gasteiger partial charge in [0.15, 0.2) is 0 Å². The summed E-state index contributed by atoms with van der Waals surface area (Å²) in [5, 5.41) is 3.05. The molecule has 158 valence electrons. The third-order valence-corrected chi connectivity index (χ3v) is 5.45. The van der Waals surface area contributed by atoms with Crippen molar-refractivity contribution >= 4 is 28.8 Å². The van der Waals surface area contributed by atoms with Crippen molar-refractivity contribution in [2.75, 3.05) is 31.6 Å². The summed E-state index contributed by atoms with van der Waals surface area (Å²) in [6.45, 7) is 7.43. The van der Waals surface area contributed by atoms with Crippen LogP contribution in [0.2, 0.25) is 0 Å². The summed E-state index contributed by atoms with van der Waals surface area (Å²) < 4.78 is 7.52. The molecule has 0 aliphatic carbocycles. The molecule has 0 saturated carbocycles. The van der Waals surface area contributed by atoms with Crippen LogP contribution in [-0.2, 0) is 20.9 Å². The van der Waals surface area contributed by atoms with E-state index in [4.69, 9.17) is 4.74 Å². The van der Waals surface area contributed by atoms with E-state index >= 15 is 0 Å². The molecule has 2 aromatic rings. The molecule has 7 nitrogen and oxygen atoms in total. The number of anilines is 1. The van der Waals surface area contributed by atoms with Crippen molar-refractivity contribution < 1.29 is 14.3 Å². The second-order valence-corrected chi connectivity index (χ2v) is 7.52. The average Bonchev–Trinajstić information content (AvgIpc) is 3.08. The molecule has 2 amide bonds. The zero-order valence-corrected chi connectivity index (χ0v) is 17.5. The molecule has 0 bridgehead atoms. The average molecular weight is 401 g/mol. The number of piperidine rings is 1. The number of aromatic nitrogens is 2. The van der Waals surface area contributed by atoms with Crippen LogP contribution in [0.3, 0.4) is 0 Å². The summed E-state index contributed by atoms with van der Waals surface area (Å²) in [5.74, 6) is 0.700. The first-order valence-electron chi connectivity index (χ1n) is 10.8. The van der Waals surface area contributed by atoms with Crippen molar-refractivity contribution in [3.05, 3.63) is 24.3 Å². The Balaban J connectivity index is 1.64. The first kappa shape index (κ1) is 21.3. The molecule has 7 heteroatoms. The van der Waals surface area contributed by atoms with Crippen molar-refractivity contribution in [3.63, 3.8) is 0 Å². The molecule has 0 unspecified atom stereocenters. The van der Waals surface area contributed by atoms with Gasteiger partial charge in [0.25, 0.3) is 0 Å². The Morgan fingerprint density at radius 2 is 1.97 bits per heavy atom.